The topological polar surface area (TPSA) is 68.7 Å². The van der Waals surface area contributed by atoms with Gasteiger partial charge in [0.25, 0.3) is 0 Å². The Morgan fingerprint density at radius 3 is 2.55 bits per heavy atom. The third-order valence-corrected chi connectivity index (χ3v) is 8.26. The van der Waals surface area contributed by atoms with Gasteiger partial charge in [-0.1, -0.05) is 24.3 Å². The zero-order valence-corrected chi connectivity index (χ0v) is 22.8. The van der Waals surface area contributed by atoms with Gasteiger partial charge in [-0.2, -0.15) is 0 Å². The van der Waals surface area contributed by atoms with Crippen molar-refractivity contribution in [3.63, 3.8) is 0 Å². The Balaban J connectivity index is 1.24. The first-order valence-electron chi connectivity index (χ1n) is 13.0. The molecule has 0 atom stereocenters. The fourth-order valence-electron chi connectivity index (χ4n) is 4.86. The molecule has 6 nitrogen and oxygen atoms in total. The minimum Gasteiger partial charge on any atom is -0.493 e. The molecule has 1 saturated heterocycles. The first-order chi connectivity index (χ1) is 18.4. The van der Waals surface area contributed by atoms with Crippen LogP contribution in [0.2, 0.25) is 0 Å². The second-order valence-corrected chi connectivity index (χ2v) is 10.7. The first-order valence-corrected chi connectivity index (χ1v) is 13.8. The third-order valence-electron chi connectivity index (χ3n) is 7.13. The molecule has 196 valence electrons. The van der Waals surface area contributed by atoms with E-state index >= 15 is 0 Å². The van der Waals surface area contributed by atoms with E-state index in [0.717, 1.165) is 42.6 Å². The van der Waals surface area contributed by atoms with Crippen molar-refractivity contribution in [3.8, 4) is 22.8 Å². The van der Waals surface area contributed by atoms with E-state index in [9.17, 15) is 9.59 Å². The van der Waals surface area contributed by atoms with E-state index in [4.69, 9.17) is 9.47 Å². The number of hydrogen-bond acceptors (Lipinski definition) is 7. The van der Waals surface area contributed by atoms with Crippen LogP contribution in [-0.4, -0.2) is 54.8 Å². The number of Topliss-reactive ketones (excluding diaryl/α,β-unsaturated/α-hetero) is 2. The zero-order chi connectivity index (χ0) is 26.6. The summed E-state index contributed by atoms with van der Waals surface area (Å²) in [7, 11) is 3.69. The van der Waals surface area contributed by atoms with Crippen LogP contribution in [0.5, 0.6) is 11.5 Å². The number of piperidine rings is 1. The highest BCUT2D eigenvalue weighted by Crippen LogP contribution is 2.35. The van der Waals surface area contributed by atoms with Crippen molar-refractivity contribution in [1.82, 2.24) is 9.88 Å². The maximum absolute atomic E-state index is 13.0. The Morgan fingerprint density at radius 1 is 1.00 bits per heavy atom. The van der Waals surface area contributed by atoms with Crippen molar-refractivity contribution in [2.45, 2.75) is 38.7 Å². The summed E-state index contributed by atoms with van der Waals surface area (Å²) >= 11 is 1.68. The highest BCUT2D eigenvalue weighted by molar-refractivity contribution is 7.18. The van der Waals surface area contributed by atoms with Gasteiger partial charge in [0.05, 0.1) is 12.8 Å². The fourth-order valence-corrected chi connectivity index (χ4v) is 5.90. The predicted molar refractivity (Wildman–Crippen MR) is 152 cm³/mol. The van der Waals surface area contributed by atoms with E-state index in [1.54, 1.807) is 42.7 Å². The van der Waals surface area contributed by atoms with Crippen molar-refractivity contribution in [2.75, 3.05) is 27.2 Å². The first kappa shape index (κ1) is 26.1. The molecule has 5 rings (SSSR count). The van der Waals surface area contributed by atoms with E-state index in [2.05, 4.69) is 41.4 Å². The Labute approximate surface area is 227 Å². The molecule has 0 N–H and O–H groups in total. The predicted octanol–water partition coefficient (Wildman–Crippen LogP) is 6.60. The molecule has 1 aliphatic rings. The van der Waals surface area contributed by atoms with Crippen LogP contribution in [0.15, 0.2) is 60.0 Å². The normalized spacial score (nSPS) is 14.5. The molecular weight excluding hydrogens is 496 g/mol. The SMILES string of the molecule is COc1cc(C(=O)CCC(=O)c2cccc(-c3csc4c(C)cccc34)n2)ccc1OC1CCN(C)CC1. The number of benzene rings is 2. The standard InChI is InChI=1S/C31H32N2O4S/c1-20-6-4-7-23-24(19-38-31(20)23)25-8-5-9-26(32-25)28(35)12-11-27(34)21-10-13-29(30(18-21)36-3)37-22-14-16-33(2)17-15-22/h4-10,13,18-19,22H,11-12,14-17H2,1-3H3. The van der Waals surface area contributed by atoms with Crippen molar-refractivity contribution in [2.24, 2.45) is 0 Å². The van der Waals surface area contributed by atoms with Gasteiger partial charge in [0.2, 0.25) is 0 Å². The maximum Gasteiger partial charge on any atom is 0.181 e. The van der Waals surface area contributed by atoms with Gasteiger partial charge in [-0.05, 0) is 62.7 Å². The van der Waals surface area contributed by atoms with Crippen LogP contribution < -0.4 is 9.47 Å². The largest absolute Gasteiger partial charge is 0.493 e. The van der Waals surface area contributed by atoms with Gasteiger partial charge >= 0.3 is 0 Å². The average molecular weight is 529 g/mol. The van der Waals surface area contributed by atoms with Crippen LogP contribution in [-0.2, 0) is 0 Å². The van der Waals surface area contributed by atoms with Gasteiger partial charge in [0.15, 0.2) is 23.1 Å². The number of fused-ring (bicyclic) bond motifs is 1. The van der Waals surface area contributed by atoms with Gasteiger partial charge in [-0.3, -0.25) is 9.59 Å². The number of likely N-dealkylation sites (tertiary alicyclic amines) is 1. The number of methoxy groups -OCH3 is 1. The highest BCUT2D eigenvalue weighted by atomic mass is 32.1. The summed E-state index contributed by atoms with van der Waals surface area (Å²) in [5.74, 6) is 0.920. The molecule has 0 aliphatic carbocycles. The van der Waals surface area contributed by atoms with Crippen LogP contribution in [0.25, 0.3) is 21.3 Å². The van der Waals surface area contributed by atoms with Crippen LogP contribution >= 0.6 is 11.3 Å². The van der Waals surface area contributed by atoms with Gasteiger partial charge in [-0.25, -0.2) is 4.98 Å². The van der Waals surface area contributed by atoms with Crippen molar-refractivity contribution >= 4 is 33.0 Å². The number of hydrogen-bond donors (Lipinski definition) is 0. The van der Waals surface area contributed by atoms with E-state index in [-0.39, 0.29) is 30.5 Å². The van der Waals surface area contributed by atoms with Gasteiger partial charge < -0.3 is 14.4 Å². The summed E-state index contributed by atoms with van der Waals surface area (Å²) in [5.41, 5.74) is 3.90. The molecule has 0 unspecified atom stereocenters. The molecule has 4 aromatic rings. The third kappa shape index (κ3) is 5.64. The molecule has 3 heterocycles. The van der Waals surface area contributed by atoms with Crippen LogP contribution in [0.1, 0.15) is 52.1 Å². The Kier molecular flexibility index (Phi) is 7.86. The Morgan fingerprint density at radius 2 is 1.76 bits per heavy atom. The number of thiophene rings is 1. The quantitative estimate of drug-likeness (QED) is 0.228. The van der Waals surface area contributed by atoms with E-state index in [1.165, 1.54) is 10.3 Å². The fraction of sp³-hybridized carbons (Fsp3) is 0.323. The molecule has 0 radical (unpaired) electrons. The van der Waals surface area contributed by atoms with Crippen molar-refractivity contribution < 1.29 is 19.1 Å². The number of pyridine rings is 1. The summed E-state index contributed by atoms with van der Waals surface area (Å²) in [6.07, 6.45) is 2.25. The lowest BCUT2D eigenvalue weighted by Gasteiger charge is -2.29. The van der Waals surface area contributed by atoms with Crippen molar-refractivity contribution in [3.05, 3.63) is 76.8 Å². The molecular formula is C31H32N2O4S. The molecule has 0 spiro atoms. The van der Waals surface area contributed by atoms with Crippen LogP contribution in [0, 0.1) is 6.92 Å². The molecule has 38 heavy (non-hydrogen) atoms. The van der Waals surface area contributed by atoms with E-state index < -0.39 is 0 Å². The second-order valence-electron chi connectivity index (χ2n) is 9.84. The molecule has 2 aromatic carbocycles. The smallest absolute Gasteiger partial charge is 0.181 e. The minimum absolute atomic E-state index is 0.0922. The van der Waals surface area contributed by atoms with E-state index in [0.29, 0.717) is 22.8 Å². The lowest BCUT2D eigenvalue weighted by Crippen LogP contribution is -2.35. The average Bonchev–Trinajstić information content (AvgIpc) is 3.38. The summed E-state index contributed by atoms with van der Waals surface area (Å²) in [6, 6.07) is 17.0. The summed E-state index contributed by atoms with van der Waals surface area (Å²) in [5, 5.41) is 3.23. The van der Waals surface area contributed by atoms with Gasteiger partial charge in [0, 0.05) is 52.5 Å². The molecule has 7 heteroatoms. The Hall–Kier alpha value is -3.55. The number of carbonyl (C=O) groups is 2. The number of nitrogens with zero attached hydrogens (tertiary/aromatic N) is 2. The lowest BCUT2D eigenvalue weighted by molar-refractivity contribution is 0.0914. The van der Waals surface area contributed by atoms with Crippen LogP contribution in [0.3, 0.4) is 0 Å². The number of ether oxygens (including phenoxy) is 2. The molecule has 1 fully saturated rings. The summed E-state index contributed by atoms with van der Waals surface area (Å²) in [4.78, 5) is 32.9. The lowest BCUT2D eigenvalue weighted by atomic mass is 10.0. The Bertz CT molecular complexity index is 1470. The molecule has 0 saturated carbocycles. The number of ketones is 2. The zero-order valence-electron chi connectivity index (χ0n) is 22.0. The summed E-state index contributed by atoms with van der Waals surface area (Å²) < 4.78 is 12.9. The second kappa shape index (κ2) is 11.5. The molecule has 0 amide bonds. The molecule has 1 aliphatic heterocycles. The monoisotopic (exact) mass is 528 g/mol. The number of carbonyl (C=O) groups excluding carboxylic acids is 2. The number of aromatic nitrogens is 1. The van der Waals surface area contributed by atoms with Gasteiger partial charge in [-0.15, -0.1) is 11.3 Å². The van der Waals surface area contributed by atoms with Crippen LogP contribution in [0.4, 0.5) is 0 Å². The minimum atomic E-state index is -0.148. The number of aryl methyl sites for hydroxylation is 1. The maximum atomic E-state index is 13.0. The molecule has 2 aromatic heterocycles. The van der Waals surface area contributed by atoms with E-state index in [1.807, 2.05) is 18.2 Å². The number of rotatable bonds is 9. The van der Waals surface area contributed by atoms with Crippen molar-refractivity contribution in [1.29, 1.82) is 0 Å². The summed E-state index contributed by atoms with van der Waals surface area (Å²) in [6.45, 7) is 4.09. The molecule has 0 bridgehead atoms. The highest BCUT2D eigenvalue weighted by Gasteiger charge is 2.21. The van der Waals surface area contributed by atoms with Gasteiger partial charge in [0.1, 0.15) is 11.8 Å².